The number of unbranched alkanes of at least 4 members (excludes halogenated alkanes) is 1. The molecule has 0 saturated carbocycles. The number of rotatable bonds is 5. The van der Waals surface area contributed by atoms with Crippen LogP contribution >= 0.6 is 0 Å². The maximum Gasteiger partial charge on any atom is 0.241 e. The SMILES string of the molecule is CCCC(=O)[O-].CCCC[n+]1cc[nH]c1. The van der Waals surface area contributed by atoms with E-state index in [4.69, 9.17) is 0 Å². The Labute approximate surface area is 91.0 Å². The summed E-state index contributed by atoms with van der Waals surface area (Å²) >= 11 is 0. The van der Waals surface area contributed by atoms with Crippen LogP contribution in [0.25, 0.3) is 0 Å². The van der Waals surface area contributed by atoms with Gasteiger partial charge in [-0.25, -0.2) is 4.57 Å². The number of carboxylic acids is 1. The lowest BCUT2D eigenvalue weighted by Crippen LogP contribution is -2.29. The first-order chi connectivity index (χ1) is 7.20. The van der Waals surface area contributed by atoms with Crippen LogP contribution in [0.4, 0.5) is 0 Å². The monoisotopic (exact) mass is 212 g/mol. The highest BCUT2D eigenvalue weighted by Gasteiger charge is 1.92. The Morgan fingerprint density at radius 3 is 2.47 bits per heavy atom. The second-order valence-corrected chi connectivity index (χ2v) is 3.32. The molecule has 1 heterocycles. The number of hydrogen-bond donors (Lipinski definition) is 1. The minimum absolute atomic E-state index is 0.181. The Hall–Kier alpha value is -1.32. The number of aryl methyl sites for hydroxylation is 1. The molecule has 0 bridgehead atoms. The van der Waals surface area contributed by atoms with Gasteiger partial charge in [-0.05, 0) is 12.8 Å². The van der Waals surface area contributed by atoms with Crippen LogP contribution < -0.4 is 9.67 Å². The first-order valence-corrected chi connectivity index (χ1v) is 5.42. The standard InChI is InChI=1S/C7H12N2.C4H8O2/c1-2-3-5-9-6-4-8-7-9;1-2-3-4(5)6/h4,6-7H,2-3,5H2,1H3;2-3H2,1H3,(H,5,6). The molecule has 4 nitrogen and oxygen atoms in total. The predicted molar refractivity (Wildman–Crippen MR) is 55.8 cm³/mol. The van der Waals surface area contributed by atoms with Gasteiger partial charge in [-0.15, -0.1) is 0 Å². The highest BCUT2D eigenvalue weighted by Crippen LogP contribution is 1.84. The van der Waals surface area contributed by atoms with Gasteiger partial charge in [-0.1, -0.05) is 26.7 Å². The minimum Gasteiger partial charge on any atom is -0.550 e. The molecule has 0 spiro atoms. The van der Waals surface area contributed by atoms with Crippen LogP contribution in [-0.2, 0) is 11.3 Å². The number of nitrogens with one attached hydrogen (secondary N) is 1. The zero-order chi connectivity index (χ0) is 11.5. The van der Waals surface area contributed by atoms with Crippen molar-refractivity contribution in [1.29, 1.82) is 0 Å². The Kier molecular flexibility index (Phi) is 8.43. The molecule has 0 atom stereocenters. The number of carbonyl (C=O) groups is 1. The van der Waals surface area contributed by atoms with E-state index in [1.54, 1.807) is 6.92 Å². The fourth-order valence-electron chi connectivity index (χ4n) is 1.00. The molecule has 0 radical (unpaired) electrons. The van der Waals surface area contributed by atoms with E-state index >= 15 is 0 Å². The van der Waals surface area contributed by atoms with Gasteiger partial charge in [-0.3, -0.25) is 4.98 Å². The van der Waals surface area contributed by atoms with Crippen molar-refractivity contribution in [3.8, 4) is 0 Å². The van der Waals surface area contributed by atoms with Gasteiger partial charge in [-0.2, -0.15) is 0 Å². The molecular weight excluding hydrogens is 192 g/mol. The Bertz CT molecular complexity index is 245. The fourth-order valence-corrected chi connectivity index (χ4v) is 1.00. The van der Waals surface area contributed by atoms with Crippen molar-refractivity contribution < 1.29 is 14.5 Å². The van der Waals surface area contributed by atoms with Crippen LogP contribution in [-0.4, -0.2) is 11.0 Å². The summed E-state index contributed by atoms with van der Waals surface area (Å²) in [6, 6.07) is 0. The van der Waals surface area contributed by atoms with Gasteiger partial charge in [0.1, 0.15) is 12.4 Å². The van der Waals surface area contributed by atoms with Crippen LogP contribution in [0, 0.1) is 0 Å². The normalized spacial score (nSPS) is 9.20. The van der Waals surface area contributed by atoms with Crippen LogP contribution in [0.2, 0.25) is 0 Å². The molecule has 0 aliphatic carbocycles. The van der Waals surface area contributed by atoms with E-state index < -0.39 is 5.97 Å². The summed E-state index contributed by atoms with van der Waals surface area (Å²) in [7, 11) is 0. The number of nitrogens with zero attached hydrogens (tertiary/aromatic N) is 1. The molecule has 1 aromatic heterocycles. The van der Waals surface area contributed by atoms with Crippen molar-refractivity contribution in [3.63, 3.8) is 0 Å². The average molecular weight is 212 g/mol. The van der Waals surface area contributed by atoms with Crippen molar-refractivity contribution >= 4 is 5.97 Å². The molecule has 0 fully saturated rings. The zero-order valence-electron chi connectivity index (χ0n) is 9.53. The van der Waals surface area contributed by atoms with E-state index in [1.165, 1.54) is 12.8 Å². The first-order valence-electron chi connectivity index (χ1n) is 5.42. The third kappa shape index (κ3) is 9.00. The number of imidazole rings is 1. The molecule has 1 N–H and O–H groups in total. The molecule has 0 unspecified atom stereocenters. The third-order valence-corrected chi connectivity index (χ3v) is 1.83. The van der Waals surface area contributed by atoms with E-state index in [0.717, 1.165) is 6.54 Å². The number of aromatic nitrogens is 2. The van der Waals surface area contributed by atoms with E-state index in [0.29, 0.717) is 6.42 Å². The van der Waals surface area contributed by atoms with Crippen molar-refractivity contribution in [2.45, 2.75) is 46.1 Å². The van der Waals surface area contributed by atoms with E-state index in [9.17, 15) is 9.90 Å². The maximum absolute atomic E-state index is 9.49. The Morgan fingerprint density at radius 2 is 2.13 bits per heavy atom. The smallest absolute Gasteiger partial charge is 0.241 e. The molecule has 0 aliphatic heterocycles. The highest BCUT2D eigenvalue weighted by atomic mass is 16.4. The zero-order valence-corrected chi connectivity index (χ0v) is 9.53. The summed E-state index contributed by atoms with van der Waals surface area (Å²) in [6.07, 6.45) is 9.35. The van der Waals surface area contributed by atoms with Crippen LogP contribution in [0.15, 0.2) is 18.7 Å². The second-order valence-electron chi connectivity index (χ2n) is 3.32. The van der Waals surface area contributed by atoms with Crippen molar-refractivity contribution in [1.82, 2.24) is 4.98 Å². The van der Waals surface area contributed by atoms with E-state index in [1.807, 2.05) is 12.5 Å². The van der Waals surface area contributed by atoms with Crippen molar-refractivity contribution in [2.24, 2.45) is 0 Å². The molecule has 1 rings (SSSR count). The largest absolute Gasteiger partial charge is 0.550 e. The molecule has 0 aromatic carbocycles. The lowest BCUT2D eigenvalue weighted by atomic mass is 10.3. The molecule has 1 aromatic rings. The predicted octanol–water partition coefficient (Wildman–Crippen LogP) is 0.639. The van der Waals surface area contributed by atoms with Crippen LogP contribution in [0.1, 0.15) is 39.5 Å². The molecule has 0 amide bonds. The minimum atomic E-state index is -0.961. The molecule has 86 valence electrons. The quantitative estimate of drug-likeness (QED) is 0.728. The highest BCUT2D eigenvalue weighted by molar-refractivity contribution is 5.63. The Morgan fingerprint density at radius 1 is 1.40 bits per heavy atom. The lowest BCUT2D eigenvalue weighted by Gasteiger charge is -1.92. The van der Waals surface area contributed by atoms with Gasteiger partial charge in [0.25, 0.3) is 0 Å². The van der Waals surface area contributed by atoms with E-state index in [2.05, 4.69) is 22.7 Å². The molecular formula is C11H20N2O2. The van der Waals surface area contributed by atoms with Gasteiger partial charge in [0.2, 0.25) is 6.33 Å². The number of carboxylic acid groups (broad SMARTS) is 1. The first kappa shape index (κ1) is 13.7. The lowest BCUT2D eigenvalue weighted by molar-refractivity contribution is -0.696. The average Bonchev–Trinajstić information content (AvgIpc) is 2.68. The maximum atomic E-state index is 9.49. The Balaban J connectivity index is 0.000000288. The van der Waals surface area contributed by atoms with E-state index in [-0.39, 0.29) is 6.42 Å². The summed E-state index contributed by atoms with van der Waals surface area (Å²) in [6.45, 7) is 5.14. The van der Waals surface area contributed by atoms with Crippen LogP contribution in [0.5, 0.6) is 0 Å². The second kappa shape index (κ2) is 9.24. The van der Waals surface area contributed by atoms with Crippen LogP contribution in [0.3, 0.4) is 0 Å². The molecule has 0 saturated heterocycles. The van der Waals surface area contributed by atoms with Gasteiger partial charge in [0, 0.05) is 5.97 Å². The number of carbonyl (C=O) groups excluding carboxylic acids is 1. The third-order valence-electron chi connectivity index (χ3n) is 1.83. The molecule has 15 heavy (non-hydrogen) atoms. The van der Waals surface area contributed by atoms with Gasteiger partial charge < -0.3 is 9.90 Å². The van der Waals surface area contributed by atoms with Crippen molar-refractivity contribution in [3.05, 3.63) is 18.7 Å². The number of hydrogen-bond acceptors (Lipinski definition) is 2. The summed E-state index contributed by atoms with van der Waals surface area (Å²) in [4.78, 5) is 12.5. The number of aliphatic carboxylic acids is 1. The summed E-state index contributed by atoms with van der Waals surface area (Å²) in [5, 5.41) is 9.49. The van der Waals surface area contributed by atoms with Gasteiger partial charge >= 0.3 is 0 Å². The van der Waals surface area contributed by atoms with Gasteiger partial charge in [0.15, 0.2) is 0 Å². The summed E-state index contributed by atoms with van der Waals surface area (Å²) < 4.78 is 2.16. The molecule has 0 aliphatic rings. The topological polar surface area (TPSA) is 59.8 Å². The molecule has 4 heteroatoms. The van der Waals surface area contributed by atoms with Gasteiger partial charge in [0.05, 0.1) is 6.54 Å². The number of aromatic amines is 1. The summed E-state index contributed by atoms with van der Waals surface area (Å²) in [5.41, 5.74) is 0. The van der Waals surface area contributed by atoms with Crippen molar-refractivity contribution in [2.75, 3.05) is 0 Å². The summed E-state index contributed by atoms with van der Waals surface area (Å²) in [5.74, 6) is -0.961. The fraction of sp³-hybridized carbons (Fsp3) is 0.636. The number of H-pyrrole nitrogens is 1.